The van der Waals surface area contributed by atoms with Crippen molar-refractivity contribution in [3.8, 4) is 5.75 Å². The van der Waals surface area contributed by atoms with Gasteiger partial charge >= 0.3 is 0 Å². The van der Waals surface area contributed by atoms with E-state index in [0.717, 1.165) is 11.4 Å². The van der Waals surface area contributed by atoms with Crippen molar-refractivity contribution in [2.45, 2.75) is 12.8 Å². The number of hydrogen-bond donors (Lipinski definition) is 0. The molecule has 0 aliphatic rings. The molecule has 0 amide bonds. The molecule has 0 saturated heterocycles. The Kier molecular flexibility index (Phi) is 4.50. The van der Waals surface area contributed by atoms with Gasteiger partial charge in [-0.25, -0.2) is 0 Å². The van der Waals surface area contributed by atoms with Gasteiger partial charge in [-0.2, -0.15) is 0 Å². The first-order valence-corrected chi connectivity index (χ1v) is 7.57. The van der Waals surface area contributed by atoms with E-state index in [1.54, 1.807) is 0 Å². The Labute approximate surface area is 131 Å². The van der Waals surface area contributed by atoms with E-state index in [1.807, 2.05) is 37.4 Å². The van der Waals surface area contributed by atoms with Crippen LogP contribution in [-0.2, 0) is 0 Å². The second-order valence-corrected chi connectivity index (χ2v) is 5.07. The van der Waals surface area contributed by atoms with Crippen LogP contribution in [0, 0.1) is 0 Å². The molecular formula is C20H19NO. The molecule has 0 aliphatic heterocycles. The van der Waals surface area contributed by atoms with Gasteiger partial charge in [0.15, 0.2) is 0 Å². The highest BCUT2D eigenvalue weighted by molar-refractivity contribution is 5.45. The molecule has 0 radical (unpaired) electrons. The van der Waals surface area contributed by atoms with E-state index in [0.29, 0.717) is 6.61 Å². The fraction of sp³-hybridized carbons (Fsp3) is 0.150. The third kappa shape index (κ3) is 3.01. The van der Waals surface area contributed by atoms with Crippen molar-refractivity contribution in [3.05, 3.63) is 95.8 Å². The summed E-state index contributed by atoms with van der Waals surface area (Å²) in [5.74, 6) is 0.924. The van der Waals surface area contributed by atoms with Gasteiger partial charge in [-0.1, -0.05) is 60.7 Å². The molecule has 1 aromatic heterocycles. The minimum absolute atomic E-state index is 0.0742. The maximum Gasteiger partial charge on any atom is 0.141 e. The zero-order chi connectivity index (χ0) is 15.2. The Morgan fingerprint density at radius 3 is 1.95 bits per heavy atom. The summed E-state index contributed by atoms with van der Waals surface area (Å²) < 4.78 is 5.80. The van der Waals surface area contributed by atoms with Crippen LogP contribution >= 0.6 is 0 Å². The number of ether oxygens (including phenoxy) is 1. The third-order valence-electron chi connectivity index (χ3n) is 3.64. The lowest BCUT2D eigenvalue weighted by Crippen LogP contribution is -2.08. The summed E-state index contributed by atoms with van der Waals surface area (Å²) in [5, 5.41) is 0. The summed E-state index contributed by atoms with van der Waals surface area (Å²) in [6.07, 6.45) is 1.83. The molecule has 0 saturated carbocycles. The highest BCUT2D eigenvalue weighted by Gasteiger charge is 2.21. The number of aromatic nitrogens is 1. The Morgan fingerprint density at radius 2 is 1.41 bits per heavy atom. The van der Waals surface area contributed by atoms with E-state index in [4.69, 9.17) is 4.74 Å². The third-order valence-corrected chi connectivity index (χ3v) is 3.64. The van der Waals surface area contributed by atoms with Crippen molar-refractivity contribution in [2.24, 2.45) is 0 Å². The number of hydrogen-bond acceptors (Lipinski definition) is 2. The molecule has 0 aliphatic carbocycles. The van der Waals surface area contributed by atoms with Gasteiger partial charge in [0, 0.05) is 6.20 Å². The van der Waals surface area contributed by atoms with E-state index in [9.17, 15) is 0 Å². The van der Waals surface area contributed by atoms with Crippen molar-refractivity contribution >= 4 is 0 Å². The van der Waals surface area contributed by atoms with Gasteiger partial charge in [-0.3, -0.25) is 4.98 Å². The van der Waals surface area contributed by atoms with E-state index in [2.05, 4.69) is 53.5 Å². The number of benzene rings is 2. The summed E-state index contributed by atoms with van der Waals surface area (Å²) in [4.78, 5) is 4.63. The normalized spacial score (nSPS) is 10.6. The average Bonchev–Trinajstić information content (AvgIpc) is 2.59. The summed E-state index contributed by atoms with van der Waals surface area (Å²) >= 11 is 0. The van der Waals surface area contributed by atoms with Crippen molar-refractivity contribution < 1.29 is 4.74 Å². The summed E-state index contributed by atoms with van der Waals surface area (Å²) in [7, 11) is 0. The topological polar surface area (TPSA) is 22.1 Å². The fourth-order valence-corrected chi connectivity index (χ4v) is 2.70. The standard InChI is InChI=1S/C20H19NO/c1-2-22-18-14-9-15-21-20(18)19(16-10-5-3-6-11-16)17-12-7-4-8-13-17/h3-15,19H,2H2,1H3. The Balaban J connectivity index is 2.15. The lowest BCUT2D eigenvalue weighted by atomic mass is 9.88. The molecule has 0 unspecified atom stereocenters. The molecule has 0 fully saturated rings. The predicted molar refractivity (Wildman–Crippen MR) is 89.2 cm³/mol. The minimum atomic E-state index is 0.0742. The van der Waals surface area contributed by atoms with Gasteiger partial charge in [0.1, 0.15) is 5.75 Å². The highest BCUT2D eigenvalue weighted by Crippen LogP contribution is 2.35. The highest BCUT2D eigenvalue weighted by atomic mass is 16.5. The van der Waals surface area contributed by atoms with Crippen LogP contribution in [0.5, 0.6) is 5.75 Å². The van der Waals surface area contributed by atoms with Crippen LogP contribution in [0.2, 0.25) is 0 Å². The van der Waals surface area contributed by atoms with E-state index >= 15 is 0 Å². The van der Waals surface area contributed by atoms with Crippen LogP contribution in [0.25, 0.3) is 0 Å². The van der Waals surface area contributed by atoms with Crippen molar-refractivity contribution in [1.29, 1.82) is 0 Å². The lowest BCUT2D eigenvalue weighted by molar-refractivity contribution is 0.334. The minimum Gasteiger partial charge on any atom is -0.492 e. The Morgan fingerprint density at radius 1 is 0.818 bits per heavy atom. The van der Waals surface area contributed by atoms with Gasteiger partial charge in [-0.15, -0.1) is 0 Å². The largest absolute Gasteiger partial charge is 0.492 e. The molecule has 2 nitrogen and oxygen atoms in total. The molecule has 3 aromatic rings. The van der Waals surface area contributed by atoms with E-state index in [-0.39, 0.29) is 5.92 Å². The summed E-state index contributed by atoms with van der Waals surface area (Å²) in [6, 6.07) is 24.8. The van der Waals surface area contributed by atoms with Crippen LogP contribution in [0.4, 0.5) is 0 Å². The Bertz CT molecular complexity index is 671. The molecule has 2 heteroatoms. The number of rotatable bonds is 5. The Hall–Kier alpha value is -2.61. The van der Waals surface area contributed by atoms with Crippen LogP contribution in [0.3, 0.4) is 0 Å². The zero-order valence-electron chi connectivity index (χ0n) is 12.6. The maximum atomic E-state index is 5.80. The smallest absolute Gasteiger partial charge is 0.141 e. The first kappa shape index (κ1) is 14.3. The maximum absolute atomic E-state index is 5.80. The molecular weight excluding hydrogens is 270 g/mol. The van der Waals surface area contributed by atoms with E-state index < -0.39 is 0 Å². The molecule has 0 atom stereocenters. The van der Waals surface area contributed by atoms with Crippen LogP contribution in [-0.4, -0.2) is 11.6 Å². The zero-order valence-corrected chi connectivity index (χ0v) is 12.6. The molecule has 3 rings (SSSR count). The molecule has 22 heavy (non-hydrogen) atoms. The van der Waals surface area contributed by atoms with Gasteiger partial charge < -0.3 is 4.74 Å². The predicted octanol–water partition coefficient (Wildman–Crippen LogP) is 4.66. The van der Waals surface area contributed by atoms with Gasteiger partial charge in [-0.05, 0) is 30.2 Å². The fourth-order valence-electron chi connectivity index (χ4n) is 2.70. The summed E-state index contributed by atoms with van der Waals surface area (Å²) in [5.41, 5.74) is 3.39. The van der Waals surface area contributed by atoms with Gasteiger partial charge in [0.05, 0.1) is 18.2 Å². The molecule has 0 bridgehead atoms. The SMILES string of the molecule is CCOc1cccnc1C(c1ccccc1)c1ccccc1. The van der Waals surface area contributed by atoms with Gasteiger partial charge in [0.2, 0.25) is 0 Å². The first-order valence-electron chi connectivity index (χ1n) is 7.57. The quantitative estimate of drug-likeness (QED) is 0.681. The van der Waals surface area contributed by atoms with Crippen LogP contribution in [0.1, 0.15) is 29.7 Å². The molecule has 1 heterocycles. The van der Waals surface area contributed by atoms with E-state index in [1.165, 1.54) is 11.1 Å². The molecule has 110 valence electrons. The molecule has 0 N–H and O–H groups in total. The van der Waals surface area contributed by atoms with Crippen molar-refractivity contribution in [2.75, 3.05) is 6.61 Å². The van der Waals surface area contributed by atoms with Crippen molar-refractivity contribution in [3.63, 3.8) is 0 Å². The number of nitrogens with zero attached hydrogens (tertiary/aromatic N) is 1. The second kappa shape index (κ2) is 6.90. The molecule has 0 spiro atoms. The summed E-state index contributed by atoms with van der Waals surface area (Å²) in [6.45, 7) is 2.63. The lowest BCUT2D eigenvalue weighted by Gasteiger charge is -2.20. The molecule has 2 aromatic carbocycles. The first-order chi connectivity index (χ1) is 10.9. The van der Waals surface area contributed by atoms with Crippen LogP contribution in [0.15, 0.2) is 79.0 Å². The van der Waals surface area contributed by atoms with Crippen LogP contribution < -0.4 is 4.74 Å². The van der Waals surface area contributed by atoms with Crippen molar-refractivity contribution in [1.82, 2.24) is 4.98 Å². The van der Waals surface area contributed by atoms with Gasteiger partial charge in [0.25, 0.3) is 0 Å². The average molecular weight is 289 g/mol. The number of pyridine rings is 1. The second-order valence-electron chi connectivity index (χ2n) is 5.07. The monoisotopic (exact) mass is 289 g/mol.